The van der Waals surface area contributed by atoms with Gasteiger partial charge in [-0.1, -0.05) is 41.4 Å². The monoisotopic (exact) mass is 396 g/mol. The third kappa shape index (κ3) is 3.80. The highest BCUT2D eigenvalue weighted by molar-refractivity contribution is 6.31. The van der Waals surface area contributed by atoms with Crippen LogP contribution in [0.25, 0.3) is 0 Å². The standard InChI is InChI=1S/C22H18Cl2N2O/c1-27-20-11-7-15(8-12-20)21-14-22(16-5-9-17(23)10-6-16)26(25-21)19-4-2-3-18(24)13-19/h2-13,22H,14H2,1H3/t22-/m1/s1. The summed E-state index contributed by atoms with van der Waals surface area (Å²) in [5, 5.41) is 8.37. The molecule has 0 unspecified atom stereocenters. The maximum Gasteiger partial charge on any atom is 0.118 e. The van der Waals surface area contributed by atoms with E-state index in [1.54, 1.807) is 7.11 Å². The molecule has 0 N–H and O–H groups in total. The minimum atomic E-state index is 0.0813. The summed E-state index contributed by atoms with van der Waals surface area (Å²) in [4.78, 5) is 0. The number of halogens is 2. The van der Waals surface area contributed by atoms with Crippen LogP contribution in [-0.2, 0) is 0 Å². The molecular formula is C22H18Cl2N2O. The molecule has 3 aromatic carbocycles. The molecule has 0 aliphatic carbocycles. The van der Waals surface area contributed by atoms with Gasteiger partial charge < -0.3 is 4.74 Å². The molecule has 0 spiro atoms. The van der Waals surface area contributed by atoms with Gasteiger partial charge in [0.2, 0.25) is 0 Å². The van der Waals surface area contributed by atoms with E-state index in [0.29, 0.717) is 5.02 Å². The van der Waals surface area contributed by atoms with Gasteiger partial charge in [-0.25, -0.2) is 0 Å². The van der Waals surface area contributed by atoms with Crippen LogP contribution < -0.4 is 9.75 Å². The molecule has 0 fully saturated rings. The van der Waals surface area contributed by atoms with Crippen LogP contribution in [0, 0.1) is 0 Å². The molecule has 5 heteroatoms. The summed E-state index contributed by atoms with van der Waals surface area (Å²) < 4.78 is 5.26. The third-order valence-electron chi connectivity index (χ3n) is 4.66. The normalized spacial score (nSPS) is 16.3. The van der Waals surface area contributed by atoms with Crippen LogP contribution in [0.2, 0.25) is 10.0 Å². The minimum absolute atomic E-state index is 0.0813. The highest BCUT2D eigenvalue weighted by Crippen LogP contribution is 2.37. The topological polar surface area (TPSA) is 24.8 Å². The number of nitrogens with zero attached hydrogens (tertiary/aromatic N) is 2. The first-order chi connectivity index (χ1) is 13.1. The lowest BCUT2D eigenvalue weighted by molar-refractivity contribution is 0.415. The van der Waals surface area contributed by atoms with Crippen molar-refractivity contribution in [1.29, 1.82) is 0 Å². The number of ether oxygens (including phenoxy) is 1. The van der Waals surface area contributed by atoms with Gasteiger partial charge in [0.15, 0.2) is 0 Å². The fourth-order valence-electron chi connectivity index (χ4n) is 3.27. The van der Waals surface area contributed by atoms with E-state index in [9.17, 15) is 0 Å². The minimum Gasteiger partial charge on any atom is -0.497 e. The number of benzene rings is 3. The summed E-state index contributed by atoms with van der Waals surface area (Å²) in [6, 6.07) is 23.8. The second kappa shape index (κ2) is 7.63. The molecule has 3 aromatic rings. The predicted molar refractivity (Wildman–Crippen MR) is 112 cm³/mol. The summed E-state index contributed by atoms with van der Waals surface area (Å²) in [7, 11) is 1.67. The van der Waals surface area contributed by atoms with E-state index < -0.39 is 0 Å². The zero-order valence-corrected chi connectivity index (χ0v) is 16.3. The van der Waals surface area contributed by atoms with Gasteiger partial charge in [0, 0.05) is 16.5 Å². The Balaban J connectivity index is 1.73. The Morgan fingerprint density at radius 1 is 0.926 bits per heavy atom. The summed E-state index contributed by atoms with van der Waals surface area (Å²) >= 11 is 12.3. The van der Waals surface area contributed by atoms with Gasteiger partial charge in [0.1, 0.15) is 5.75 Å². The van der Waals surface area contributed by atoms with Crippen LogP contribution in [0.3, 0.4) is 0 Å². The molecule has 1 aliphatic rings. The third-order valence-corrected chi connectivity index (χ3v) is 5.15. The lowest BCUT2D eigenvalue weighted by atomic mass is 9.98. The summed E-state index contributed by atoms with van der Waals surface area (Å²) in [5.41, 5.74) is 4.23. The van der Waals surface area contributed by atoms with E-state index >= 15 is 0 Å². The molecule has 1 aliphatic heterocycles. The van der Waals surface area contributed by atoms with E-state index in [4.69, 9.17) is 33.0 Å². The highest BCUT2D eigenvalue weighted by Gasteiger charge is 2.30. The second-order valence-electron chi connectivity index (χ2n) is 6.37. The molecule has 3 nitrogen and oxygen atoms in total. The van der Waals surface area contributed by atoms with E-state index in [0.717, 1.165) is 39.7 Å². The zero-order chi connectivity index (χ0) is 18.8. The van der Waals surface area contributed by atoms with Crippen LogP contribution in [0.15, 0.2) is 77.9 Å². The summed E-state index contributed by atoms with van der Waals surface area (Å²) in [6.45, 7) is 0. The molecular weight excluding hydrogens is 379 g/mol. The van der Waals surface area contributed by atoms with E-state index in [-0.39, 0.29) is 6.04 Å². The van der Waals surface area contributed by atoms with Crippen molar-refractivity contribution in [1.82, 2.24) is 0 Å². The Hall–Kier alpha value is -2.49. The van der Waals surface area contributed by atoms with Gasteiger partial charge >= 0.3 is 0 Å². The van der Waals surface area contributed by atoms with Crippen LogP contribution >= 0.6 is 23.2 Å². The maximum absolute atomic E-state index is 6.22. The van der Waals surface area contributed by atoms with Gasteiger partial charge in [-0.2, -0.15) is 5.10 Å². The van der Waals surface area contributed by atoms with Gasteiger partial charge in [-0.05, 0) is 65.7 Å². The average Bonchev–Trinajstić information content (AvgIpc) is 3.14. The zero-order valence-electron chi connectivity index (χ0n) is 14.8. The molecule has 136 valence electrons. The Bertz CT molecular complexity index is 968. The van der Waals surface area contributed by atoms with E-state index in [1.165, 1.54) is 0 Å². The smallest absolute Gasteiger partial charge is 0.118 e. The predicted octanol–water partition coefficient (Wildman–Crippen LogP) is 6.36. The number of hydrogen-bond donors (Lipinski definition) is 0. The molecule has 0 aromatic heterocycles. The Morgan fingerprint density at radius 3 is 2.33 bits per heavy atom. The van der Waals surface area contributed by atoms with Crippen LogP contribution in [0.4, 0.5) is 5.69 Å². The van der Waals surface area contributed by atoms with Gasteiger partial charge in [0.25, 0.3) is 0 Å². The lowest BCUT2D eigenvalue weighted by Gasteiger charge is -2.24. The number of hydrazone groups is 1. The largest absolute Gasteiger partial charge is 0.497 e. The summed E-state index contributed by atoms with van der Waals surface area (Å²) in [6.07, 6.45) is 0.792. The maximum atomic E-state index is 6.22. The Kier molecular flexibility index (Phi) is 5.06. The number of anilines is 1. The van der Waals surface area contributed by atoms with Crippen molar-refractivity contribution in [2.45, 2.75) is 12.5 Å². The Morgan fingerprint density at radius 2 is 1.67 bits per heavy atom. The fourth-order valence-corrected chi connectivity index (χ4v) is 3.58. The molecule has 1 atom stereocenters. The lowest BCUT2D eigenvalue weighted by Crippen LogP contribution is -2.18. The van der Waals surface area contributed by atoms with Crippen molar-refractivity contribution in [3.63, 3.8) is 0 Å². The van der Waals surface area contributed by atoms with Gasteiger partial charge in [0.05, 0.1) is 24.6 Å². The van der Waals surface area contributed by atoms with Crippen molar-refractivity contribution in [2.75, 3.05) is 12.1 Å². The average molecular weight is 397 g/mol. The SMILES string of the molecule is COc1ccc(C2=NN(c3cccc(Cl)c3)[C@@H](c3ccc(Cl)cc3)C2)cc1. The molecule has 0 saturated heterocycles. The molecule has 0 amide bonds. The van der Waals surface area contributed by atoms with Crippen molar-refractivity contribution >= 4 is 34.6 Å². The summed E-state index contributed by atoms with van der Waals surface area (Å²) in [5.74, 6) is 0.832. The molecule has 4 rings (SSSR count). The first kappa shape index (κ1) is 17.9. The van der Waals surface area contributed by atoms with Gasteiger partial charge in [-0.3, -0.25) is 5.01 Å². The van der Waals surface area contributed by atoms with Crippen LogP contribution in [-0.4, -0.2) is 12.8 Å². The molecule has 1 heterocycles. The first-order valence-electron chi connectivity index (χ1n) is 8.66. The highest BCUT2D eigenvalue weighted by atomic mass is 35.5. The number of rotatable bonds is 4. The van der Waals surface area contributed by atoms with E-state index in [1.807, 2.05) is 65.7 Å². The fraction of sp³-hybridized carbons (Fsp3) is 0.136. The van der Waals surface area contributed by atoms with Crippen molar-refractivity contribution in [3.8, 4) is 5.75 Å². The number of methoxy groups -OCH3 is 1. The van der Waals surface area contributed by atoms with Crippen LogP contribution in [0.5, 0.6) is 5.75 Å². The second-order valence-corrected chi connectivity index (χ2v) is 7.24. The quantitative estimate of drug-likeness (QED) is 0.512. The molecule has 0 bridgehead atoms. The van der Waals surface area contributed by atoms with Gasteiger partial charge in [-0.15, -0.1) is 0 Å². The molecule has 0 radical (unpaired) electrons. The van der Waals surface area contributed by atoms with Crippen molar-refractivity contribution < 1.29 is 4.74 Å². The molecule has 0 saturated carbocycles. The van der Waals surface area contributed by atoms with Crippen LogP contribution in [0.1, 0.15) is 23.6 Å². The first-order valence-corrected chi connectivity index (χ1v) is 9.42. The van der Waals surface area contributed by atoms with Crippen molar-refractivity contribution in [2.24, 2.45) is 5.10 Å². The Labute approximate surface area is 168 Å². The molecule has 27 heavy (non-hydrogen) atoms. The number of hydrogen-bond acceptors (Lipinski definition) is 3. The van der Waals surface area contributed by atoms with Crippen molar-refractivity contribution in [3.05, 3.63) is 94.0 Å². The van der Waals surface area contributed by atoms with E-state index in [2.05, 4.69) is 12.1 Å².